The van der Waals surface area contributed by atoms with Gasteiger partial charge in [-0.3, -0.25) is 14.4 Å². The van der Waals surface area contributed by atoms with Gasteiger partial charge in [0, 0.05) is 60.7 Å². The number of pyridine rings is 1. The predicted octanol–water partition coefficient (Wildman–Crippen LogP) is 2.19. The molecule has 1 aliphatic heterocycles. The number of para-hydroxylation sites is 1. The first kappa shape index (κ1) is 33.1. The normalized spacial score (nSPS) is 20.0. The van der Waals surface area contributed by atoms with E-state index >= 15 is 0 Å². The van der Waals surface area contributed by atoms with Crippen molar-refractivity contribution in [3.63, 3.8) is 0 Å². The zero-order valence-corrected chi connectivity index (χ0v) is 26.4. The summed E-state index contributed by atoms with van der Waals surface area (Å²) in [7, 11) is 1.55. The molecule has 0 unspecified atom stereocenters. The van der Waals surface area contributed by atoms with Crippen molar-refractivity contribution < 1.29 is 18.8 Å². The van der Waals surface area contributed by atoms with Gasteiger partial charge in [-0.25, -0.2) is 9.37 Å². The number of carbonyl (C=O) groups is 3. The number of aromatic amines is 1. The number of hydrogen-bond acceptors (Lipinski definition) is 8. The summed E-state index contributed by atoms with van der Waals surface area (Å²) in [5, 5.41) is 10.5. The van der Waals surface area contributed by atoms with Crippen molar-refractivity contribution in [1.82, 2.24) is 30.8 Å². The van der Waals surface area contributed by atoms with Crippen LogP contribution in [0.15, 0.2) is 76.9 Å². The Hall–Kier alpha value is -4.30. The number of benzene rings is 2. The molecule has 0 radical (unpaired) electrons. The number of nitrogens with zero attached hydrogens (tertiary/aromatic N) is 2. The average Bonchev–Trinajstić information content (AvgIpc) is 3.48. The van der Waals surface area contributed by atoms with E-state index in [1.807, 2.05) is 54.7 Å². The summed E-state index contributed by atoms with van der Waals surface area (Å²) in [5.74, 6) is -1.81. The monoisotopic (exact) mass is 646 g/mol. The minimum absolute atomic E-state index is 0.141. The first-order valence-corrected chi connectivity index (χ1v) is 16.0. The van der Waals surface area contributed by atoms with Gasteiger partial charge in [0.05, 0.1) is 12.2 Å². The van der Waals surface area contributed by atoms with Crippen LogP contribution in [0.3, 0.4) is 0 Å². The maximum absolute atomic E-state index is 14.4. The molecule has 0 saturated carbocycles. The van der Waals surface area contributed by atoms with Gasteiger partial charge in [-0.05, 0) is 48.7 Å². The highest BCUT2D eigenvalue weighted by Gasteiger charge is 2.33. The van der Waals surface area contributed by atoms with Crippen LogP contribution in [0, 0.1) is 5.82 Å². The average molecular weight is 647 g/mol. The third kappa shape index (κ3) is 7.73. The topological polar surface area (TPSA) is 171 Å². The van der Waals surface area contributed by atoms with Crippen LogP contribution in [0.4, 0.5) is 4.39 Å². The molecule has 5 rings (SSSR count). The van der Waals surface area contributed by atoms with E-state index < -0.39 is 35.8 Å². The quantitative estimate of drug-likeness (QED) is 0.185. The number of aromatic nitrogens is 2. The highest BCUT2D eigenvalue weighted by molar-refractivity contribution is 7.99. The maximum Gasteiger partial charge on any atom is 0.246 e. The molecule has 13 heteroatoms. The molecule has 1 aliphatic rings. The van der Waals surface area contributed by atoms with Crippen LogP contribution in [0.5, 0.6) is 0 Å². The van der Waals surface area contributed by atoms with Gasteiger partial charge in [-0.1, -0.05) is 48.2 Å². The lowest BCUT2D eigenvalue weighted by Crippen LogP contribution is -2.59. The SMILES string of the molecule is CN1C(=O)[C@H](CN)NC(=O)[C@H](CCCN)NCc2cc(F)cnc2Sc2ccccc2CNC(=O)[C@@H]1Cc1c[nH]c2ccccc12. The van der Waals surface area contributed by atoms with Crippen LogP contribution < -0.4 is 27.4 Å². The number of nitrogens with one attached hydrogen (secondary N) is 4. The van der Waals surface area contributed by atoms with Gasteiger partial charge in [0.1, 0.15) is 22.9 Å². The number of hydrogen-bond donors (Lipinski definition) is 6. The fraction of sp³-hybridized carbons (Fsp3) is 0.333. The maximum atomic E-state index is 14.4. The minimum atomic E-state index is -1.09. The number of amides is 3. The molecule has 0 spiro atoms. The molecule has 8 N–H and O–H groups in total. The Morgan fingerprint density at radius 2 is 1.78 bits per heavy atom. The van der Waals surface area contributed by atoms with Crippen molar-refractivity contribution in [2.75, 3.05) is 20.1 Å². The molecule has 242 valence electrons. The predicted molar refractivity (Wildman–Crippen MR) is 175 cm³/mol. The number of rotatable bonds is 6. The molecular formula is C33H39FN8O3S. The summed E-state index contributed by atoms with van der Waals surface area (Å²) in [6.45, 7) is 0.503. The zero-order valence-electron chi connectivity index (χ0n) is 25.6. The molecule has 0 aliphatic carbocycles. The van der Waals surface area contributed by atoms with Gasteiger partial charge in [-0.2, -0.15) is 0 Å². The molecule has 3 atom stereocenters. The van der Waals surface area contributed by atoms with Crippen LogP contribution in [0.2, 0.25) is 0 Å². The van der Waals surface area contributed by atoms with Crippen molar-refractivity contribution in [3.8, 4) is 0 Å². The van der Waals surface area contributed by atoms with E-state index in [1.165, 1.54) is 22.7 Å². The number of H-pyrrole nitrogens is 1. The number of nitrogens with two attached hydrogens (primary N) is 2. The number of fused-ring (bicyclic) bond motifs is 3. The Morgan fingerprint density at radius 1 is 1.00 bits per heavy atom. The zero-order chi connectivity index (χ0) is 32.6. The summed E-state index contributed by atoms with van der Waals surface area (Å²) in [4.78, 5) is 51.2. The lowest BCUT2D eigenvalue weighted by atomic mass is 10.0. The number of carbonyl (C=O) groups excluding carboxylic acids is 3. The number of likely N-dealkylation sites (N-methyl/N-ethyl adjacent to an activating group) is 1. The van der Waals surface area contributed by atoms with E-state index in [-0.39, 0.29) is 32.0 Å². The number of halogens is 1. The summed E-state index contributed by atoms with van der Waals surface area (Å²) < 4.78 is 14.4. The highest BCUT2D eigenvalue weighted by atomic mass is 32.2. The second kappa shape index (κ2) is 15.3. The van der Waals surface area contributed by atoms with Crippen molar-refractivity contribution in [2.45, 2.75) is 60.4 Å². The van der Waals surface area contributed by atoms with Crippen LogP contribution in [-0.4, -0.2) is 70.9 Å². The third-order valence-electron chi connectivity index (χ3n) is 8.13. The summed E-state index contributed by atoms with van der Waals surface area (Å²) in [6, 6.07) is 13.9. The molecule has 2 aromatic heterocycles. The van der Waals surface area contributed by atoms with Crippen LogP contribution in [0.25, 0.3) is 10.9 Å². The second-order valence-corrected chi connectivity index (χ2v) is 12.3. The van der Waals surface area contributed by atoms with E-state index in [1.54, 1.807) is 7.05 Å². The molecule has 3 heterocycles. The molecular weight excluding hydrogens is 607 g/mol. The van der Waals surface area contributed by atoms with Crippen LogP contribution in [0.1, 0.15) is 29.5 Å². The summed E-state index contributed by atoms with van der Waals surface area (Å²) >= 11 is 1.35. The standard InChI is InChI=1S/C33H39FN8O3S/c1-42-28(14-21-17-37-25-9-4-3-8-24(21)25)31(44)39-16-20-7-2-5-11-29(20)46-32-22(13-23(34)19-40-32)18-38-26(10-6-12-35)30(43)41-27(15-36)33(42)45/h2-5,7-9,11,13,17,19,26-28,37-38H,6,10,12,14-16,18,35-36H2,1H3,(H,39,44)(H,41,43)/t26-,27-,28-/m0/s1. The summed E-state index contributed by atoms with van der Waals surface area (Å²) in [6.07, 6.45) is 4.13. The van der Waals surface area contributed by atoms with Gasteiger partial charge in [0.15, 0.2) is 0 Å². The second-order valence-electron chi connectivity index (χ2n) is 11.2. The molecule has 3 amide bonds. The smallest absolute Gasteiger partial charge is 0.246 e. The van der Waals surface area contributed by atoms with E-state index in [2.05, 4.69) is 25.9 Å². The van der Waals surface area contributed by atoms with E-state index in [4.69, 9.17) is 11.5 Å². The van der Waals surface area contributed by atoms with Gasteiger partial charge in [-0.15, -0.1) is 0 Å². The van der Waals surface area contributed by atoms with Crippen molar-refractivity contribution in [3.05, 3.63) is 89.5 Å². The van der Waals surface area contributed by atoms with Gasteiger partial charge >= 0.3 is 0 Å². The Kier molecular flexibility index (Phi) is 11.0. The van der Waals surface area contributed by atoms with Crippen LogP contribution in [-0.2, 0) is 33.9 Å². The molecule has 0 fully saturated rings. The molecule has 11 nitrogen and oxygen atoms in total. The lowest BCUT2D eigenvalue weighted by molar-refractivity contribution is -0.141. The fourth-order valence-electron chi connectivity index (χ4n) is 5.53. The van der Waals surface area contributed by atoms with E-state index in [0.29, 0.717) is 30.0 Å². The lowest BCUT2D eigenvalue weighted by Gasteiger charge is -2.31. The highest BCUT2D eigenvalue weighted by Crippen LogP contribution is 2.32. The molecule has 4 aromatic rings. The fourth-order valence-corrected chi connectivity index (χ4v) is 6.52. The molecule has 0 bridgehead atoms. The largest absolute Gasteiger partial charge is 0.361 e. The van der Waals surface area contributed by atoms with Gasteiger partial charge < -0.3 is 37.3 Å². The third-order valence-corrected chi connectivity index (χ3v) is 9.31. The Bertz CT molecular complexity index is 1700. The Morgan fingerprint density at radius 3 is 2.59 bits per heavy atom. The Labute approximate surface area is 271 Å². The summed E-state index contributed by atoms with van der Waals surface area (Å²) in [5.41, 5.74) is 15.0. The van der Waals surface area contributed by atoms with Crippen molar-refractivity contribution >= 4 is 40.4 Å². The van der Waals surface area contributed by atoms with Crippen molar-refractivity contribution in [1.29, 1.82) is 0 Å². The first-order valence-electron chi connectivity index (χ1n) is 15.2. The van der Waals surface area contributed by atoms with Crippen LogP contribution >= 0.6 is 11.8 Å². The minimum Gasteiger partial charge on any atom is -0.361 e. The molecule has 0 saturated heterocycles. The van der Waals surface area contributed by atoms with Crippen molar-refractivity contribution in [2.24, 2.45) is 11.5 Å². The first-order chi connectivity index (χ1) is 22.3. The molecule has 2 aromatic carbocycles. The van der Waals surface area contributed by atoms with E-state index in [9.17, 15) is 18.8 Å². The van der Waals surface area contributed by atoms with Gasteiger partial charge in [0.2, 0.25) is 17.7 Å². The van der Waals surface area contributed by atoms with E-state index in [0.717, 1.165) is 33.1 Å². The molecule has 46 heavy (non-hydrogen) atoms. The Balaban J connectivity index is 1.53. The van der Waals surface area contributed by atoms with Gasteiger partial charge in [0.25, 0.3) is 0 Å².